The van der Waals surface area contributed by atoms with Crippen molar-refractivity contribution in [2.75, 3.05) is 40.9 Å². The van der Waals surface area contributed by atoms with Crippen LogP contribution in [0.2, 0.25) is 0 Å². The lowest BCUT2D eigenvalue weighted by Gasteiger charge is -2.51. The molecule has 2 aromatic rings. The predicted octanol–water partition coefficient (Wildman–Crippen LogP) is 3.31. The van der Waals surface area contributed by atoms with Gasteiger partial charge < -0.3 is 68.9 Å². The second-order valence-electron chi connectivity index (χ2n) is 21.4. The van der Waals surface area contributed by atoms with Crippen LogP contribution in [0.5, 0.6) is 5.75 Å². The molecule has 0 spiro atoms. The minimum Gasteiger partial charge on any atom is -0.492 e. The summed E-state index contributed by atoms with van der Waals surface area (Å²) in [7, 11) is 5.17. The Morgan fingerprint density at radius 1 is 1.03 bits per heavy atom. The summed E-state index contributed by atoms with van der Waals surface area (Å²) in [6, 6.07) is 4.90. The molecule has 0 aliphatic carbocycles. The van der Waals surface area contributed by atoms with E-state index in [0.717, 1.165) is 5.69 Å². The third kappa shape index (κ3) is 13.8. The van der Waals surface area contributed by atoms with Crippen molar-refractivity contribution in [1.82, 2.24) is 24.8 Å². The number of hydrogen-bond acceptors (Lipinski definition) is 17. The lowest BCUT2D eigenvalue weighted by Crippen LogP contribution is -2.62. The first kappa shape index (κ1) is 57.0. The van der Waals surface area contributed by atoms with Gasteiger partial charge in [0.05, 0.1) is 47.7 Å². The zero-order valence-corrected chi connectivity index (χ0v) is 43.2. The van der Waals surface area contributed by atoms with E-state index in [0.29, 0.717) is 38.2 Å². The van der Waals surface area contributed by atoms with Crippen LogP contribution in [0.15, 0.2) is 30.5 Å². The molecule has 69 heavy (non-hydrogen) atoms. The molecule has 1 aromatic heterocycles. The van der Waals surface area contributed by atoms with Gasteiger partial charge in [0.15, 0.2) is 12.1 Å². The van der Waals surface area contributed by atoms with Gasteiger partial charge in [0, 0.05) is 63.8 Å². The van der Waals surface area contributed by atoms with Crippen LogP contribution in [0.4, 0.5) is 4.39 Å². The van der Waals surface area contributed by atoms with Crippen LogP contribution in [0.3, 0.4) is 0 Å². The van der Waals surface area contributed by atoms with Gasteiger partial charge in [-0.15, -0.1) is 5.10 Å². The molecule has 18 nitrogen and oxygen atoms in total. The van der Waals surface area contributed by atoms with E-state index in [1.165, 1.54) is 26.2 Å². The highest BCUT2D eigenvalue weighted by Crippen LogP contribution is 2.46. The Morgan fingerprint density at radius 3 is 2.38 bits per heavy atom. The smallest absolute Gasteiger partial charge is 0.309 e. The van der Waals surface area contributed by atoms with Gasteiger partial charge in [-0.25, -0.2) is 9.07 Å². The number of aliphatic hydroxyl groups is 6. The molecule has 4 heterocycles. The van der Waals surface area contributed by atoms with Gasteiger partial charge in [-0.1, -0.05) is 39.0 Å². The second-order valence-corrected chi connectivity index (χ2v) is 21.4. The average Bonchev–Trinajstić information content (AvgIpc) is 3.74. The summed E-state index contributed by atoms with van der Waals surface area (Å²) in [6.07, 6.45) is -5.56. The quantitative estimate of drug-likeness (QED) is 0.149. The Morgan fingerprint density at radius 2 is 1.72 bits per heavy atom. The highest BCUT2D eigenvalue weighted by Gasteiger charge is 2.56. The van der Waals surface area contributed by atoms with Crippen LogP contribution in [0.1, 0.15) is 107 Å². The van der Waals surface area contributed by atoms with E-state index in [2.05, 4.69) is 10.3 Å². The van der Waals surface area contributed by atoms with Crippen molar-refractivity contribution in [2.24, 2.45) is 23.7 Å². The van der Waals surface area contributed by atoms with Crippen molar-refractivity contribution in [3.63, 3.8) is 0 Å². The van der Waals surface area contributed by atoms with Crippen molar-refractivity contribution in [3.05, 3.63) is 42.0 Å². The van der Waals surface area contributed by atoms with E-state index < -0.39 is 101 Å². The number of methoxy groups -OCH3 is 1. The largest absolute Gasteiger partial charge is 0.492 e. The number of nitrogens with zero attached hydrogens (tertiary/aromatic N) is 5. The fourth-order valence-corrected chi connectivity index (χ4v) is 11.2. The zero-order valence-electron chi connectivity index (χ0n) is 43.2. The molecule has 1 aromatic carbocycles. The summed E-state index contributed by atoms with van der Waals surface area (Å²) < 4.78 is 52.3. The van der Waals surface area contributed by atoms with Gasteiger partial charge in [-0.05, 0) is 105 Å². The molecule has 394 valence electrons. The molecule has 3 aliphatic rings. The molecule has 0 radical (unpaired) electrons. The molecule has 3 fully saturated rings. The second kappa shape index (κ2) is 23.3. The molecular weight excluding hydrogens is 898 g/mol. The van der Waals surface area contributed by atoms with Crippen LogP contribution >= 0.6 is 0 Å². The van der Waals surface area contributed by atoms with E-state index in [9.17, 15) is 39.8 Å². The van der Waals surface area contributed by atoms with Gasteiger partial charge in [-0.2, -0.15) is 0 Å². The zero-order chi connectivity index (χ0) is 51.4. The SMILES string of the molecule is CC[C@H]1OC(=O)[C@H](C)[C@@H](CC2(O)C[C@@](C)(OC)[C@@H](O)[C@H](C)O2)[C@H](C)[C@@H](O[C@@H]2O[C@H](C)C[C@H](N(C)CCc3cn(CCOc4cccc(F)c4)nn3)[C@H]2O)[C@](C)(O)C[C@@H](C)CN(C)[C@H](C)[C@@H](O)[C@]1(C)O. The van der Waals surface area contributed by atoms with Gasteiger partial charge in [0.2, 0.25) is 0 Å². The molecule has 1 unspecified atom stereocenters. The summed E-state index contributed by atoms with van der Waals surface area (Å²) in [5, 5.41) is 80.7. The predicted molar refractivity (Wildman–Crippen MR) is 253 cm³/mol. The lowest BCUT2D eigenvalue weighted by atomic mass is 9.69. The van der Waals surface area contributed by atoms with Crippen molar-refractivity contribution in [1.29, 1.82) is 0 Å². The molecule has 0 saturated carbocycles. The Balaban J connectivity index is 1.44. The summed E-state index contributed by atoms with van der Waals surface area (Å²) in [4.78, 5) is 18.5. The first-order chi connectivity index (χ1) is 32.1. The maximum absolute atomic E-state index is 14.5. The number of carbonyl (C=O) groups excluding carboxylic acids is 1. The highest BCUT2D eigenvalue weighted by atomic mass is 19.1. The first-order valence-electron chi connectivity index (χ1n) is 24.8. The summed E-state index contributed by atoms with van der Waals surface area (Å²) in [5.74, 6) is -5.50. The monoisotopic (exact) mass is 982 g/mol. The van der Waals surface area contributed by atoms with Gasteiger partial charge in [0.25, 0.3) is 0 Å². The third-order valence-corrected chi connectivity index (χ3v) is 15.4. The molecule has 6 N–H and O–H groups in total. The Bertz CT molecular complexity index is 1950. The number of aliphatic hydroxyl groups excluding tert-OH is 3. The number of carbonyl (C=O) groups is 1. The molecule has 0 amide bonds. The molecule has 18 atom stereocenters. The van der Waals surface area contributed by atoms with E-state index in [1.807, 2.05) is 50.9 Å². The number of ether oxygens (including phenoxy) is 6. The van der Waals surface area contributed by atoms with Gasteiger partial charge in [-0.3, -0.25) is 4.79 Å². The number of rotatable bonds is 14. The van der Waals surface area contributed by atoms with E-state index in [1.54, 1.807) is 58.4 Å². The van der Waals surface area contributed by atoms with Crippen LogP contribution in [-0.2, 0) is 41.4 Å². The molecule has 3 saturated heterocycles. The van der Waals surface area contributed by atoms with Crippen LogP contribution in [-0.4, -0.2) is 186 Å². The maximum atomic E-state index is 14.5. The molecule has 19 heteroatoms. The molecular formula is C50H84FN5O13. The van der Waals surface area contributed by atoms with Crippen molar-refractivity contribution < 1.29 is 68.2 Å². The average molecular weight is 982 g/mol. The topological polar surface area (TPSA) is 231 Å². The third-order valence-electron chi connectivity index (χ3n) is 15.4. The highest BCUT2D eigenvalue weighted by molar-refractivity contribution is 5.72. The number of esters is 1. The Kier molecular flexibility index (Phi) is 19.2. The van der Waals surface area contributed by atoms with E-state index in [4.69, 9.17) is 28.4 Å². The lowest BCUT2D eigenvalue weighted by molar-refractivity contribution is -0.332. The number of hydrogen-bond donors (Lipinski definition) is 6. The minimum absolute atomic E-state index is 0.161. The summed E-state index contributed by atoms with van der Waals surface area (Å²) in [6.45, 7) is 18.9. The molecule has 5 rings (SSSR count). The molecule has 3 aliphatic heterocycles. The van der Waals surface area contributed by atoms with Crippen LogP contribution in [0, 0.1) is 29.5 Å². The standard InChI is InChI=1S/C50H84FN5O13/c1-14-40-49(10,62)42(58)33(6)55(12)26-29(2)24-47(8,61)44(31(4)38(32(5)45(60)67-40)25-50(63)28-48(9,64-13)43(59)34(7)69-50)68-46-41(57)39(22-30(3)66-46)54(11)19-18-36-27-56(53-52-36)20-21-65-37-17-15-16-35(51)23-37/h15-17,23,27,29-34,38-44,46,57-59,61-63H,14,18-22,24-26,28H2,1-13H3/t29-,30-,31+,32-,33-,34+,38+,39+,40-,41-,42-,43+,44-,46+,47-,48-,49-,50?/m1/s1. The van der Waals surface area contributed by atoms with Crippen molar-refractivity contribution in [2.45, 2.75) is 198 Å². The number of halogens is 1. The number of aromatic nitrogens is 3. The van der Waals surface area contributed by atoms with Gasteiger partial charge >= 0.3 is 5.97 Å². The fraction of sp³-hybridized carbons (Fsp3) is 0.820. The number of likely N-dealkylation sites (N-methyl/N-ethyl adjacent to an activating group) is 2. The van der Waals surface area contributed by atoms with E-state index >= 15 is 0 Å². The Labute approximate surface area is 408 Å². The number of cyclic esters (lactones) is 1. The summed E-state index contributed by atoms with van der Waals surface area (Å²) >= 11 is 0. The van der Waals surface area contributed by atoms with Crippen molar-refractivity contribution >= 4 is 5.97 Å². The maximum Gasteiger partial charge on any atom is 0.309 e. The van der Waals surface area contributed by atoms with Crippen LogP contribution in [0.25, 0.3) is 0 Å². The van der Waals surface area contributed by atoms with E-state index in [-0.39, 0.29) is 50.1 Å². The minimum atomic E-state index is -1.95. The first-order valence-corrected chi connectivity index (χ1v) is 24.8. The van der Waals surface area contributed by atoms with Crippen LogP contribution < -0.4 is 4.74 Å². The molecule has 0 bridgehead atoms. The fourth-order valence-electron chi connectivity index (χ4n) is 11.2. The number of benzene rings is 1. The normalized spacial score (nSPS) is 41.3. The Hall–Kier alpha value is -2.92. The van der Waals surface area contributed by atoms with Gasteiger partial charge in [0.1, 0.15) is 48.2 Å². The van der Waals surface area contributed by atoms with Crippen molar-refractivity contribution in [3.8, 4) is 5.75 Å². The summed E-state index contributed by atoms with van der Waals surface area (Å²) in [5.41, 5.74) is -4.01.